The van der Waals surface area contributed by atoms with Gasteiger partial charge in [-0.2, -0.15) is 0 Å². The van der Waals surface area contributed by atoms with Crippen LogP contribution in [0.2, 0.25) is 0 Å². The molecule has 0 bridgehead atoms. The minimum atomic E-state index is -0.437. The summed E-state index contributed by atoms with van der Waals surface area (Å²) in [5.74, 6) is -0.823. The maximum absolute atomic E-state index is 12.8. The van der Waals surface area contributed by atoms with Crippen LogP contribution in [0, 0.1) is 0 Å². The summed E-state index contributed by atoms with van der Waals surface area (Å²) < 4.78 is 0. The number of carbonyl (C=O) groups is 2. The number of para-hydroxylation sites is 1. The highest BCUT2D eigenvalue weighted by Crippen LogP contribution is 2.30. The Labute approximate surface area is 148 Å². The smallest absolute Gasteiger partial charge is 0.271 e. The number of ketones is 1. The van der Waals surface area contributed by atoms with Gasteiger partial charge in [-0.1, -0.05) is 42.5 Å². The molecule has 2 aromatic carbocycles. The molecule has 0 fully saturated rings. The third kappa shape index (κ3) is 2.39. The van der Waals surface area contributed by atoms with E-state index in [1.807, 2.05) is 30.3 Å². The van der Waals surface area contributed by atoms with Gasteiger partial charge in [0.15, 0.2) is 0 Å². The van der Waals surface area contributed by atoms with E-state index in [9.17, 15) is 14.4 Å². The van der Waals surface area contributed by atoms with Crippen molar-refractivity contribution >= 4 is 23.5 Å². The van der Waals surface area contributed by atoms with Gasteiger partial charge in [-0.15, -0.1) is 0 Å². The van der Waals surface area contributed by atoms with Crippen LogP contribution in [-0.4, -0.2) is 28.9 Å². The van der Waals surface area contributed by atoms with E-state index in [4.69, 9.17) is 0 Å². The highest BCUT2D eigenvalue weighted by atomic mass is 16.2. The molecule has 1 aliphatic rings. The maximum atomic E-state index is 12.8. The average molecular weight is 345 g/mol. The Hall–Kier alpha value is -3.67. The highest BCUT2D eigenvalue weighted by Gasteiger charge is 2.32. The van der Waals surface area contributed by atoms with Crippen molar-refractivity contribution in [3.63, 3.8) is 0 Å². The van der Waals surface area contributed by atoms with Gasteiger partial charge in [0.25, 0.3) is 11.5 Å². The van der Waals surface area contributed by atoms with Gasteiger partial charge in [-0.05, 0) is 18.2 Å². The van der Waals surface area contributed by atoms with Crippen molar-refractivity contribution in [3.05, 3.63) is 81.7 Å². The van der Waals surface area contributed by atoms with E-state index < -0.39 is 11.5 Å². The van der Waals surface area contributed by atoms with Crippen LogP contribution in [0.15, 0.2) is 65.0 Å². The van der Waals surface area contributed by atoms with Gasteiger partial charge in [0.05, 0.1) is 22.5 Å². The van der Waals surface area contributed by atoms with E-state index in [1.54, 1.807) is 31.3 Å². The Kier molecular flexibility index (Phi) is 3.65. The molecule has 6 heteroatoms. The molecule has 6 nitrogen and oxygen atoms in total. The van der Waals surface area contributed by atoms with E-state index in [0.29, 0.717) is 16.9 Å². The molecule has 26 heavy (non-hydrogen) atoms. The fourth-order valence-corrected chi connectivity index (χ4v) is 3.10. The van der Waals surface area contributed by atoms with Crippen molar-refractivity contribution in [1.29, 1.82) is 0 Å². The number of likely N-dealkylation sites (N-methyl/N-ethyl adjacent to an activating group) is 1. The summed E-state index contributed by atoms with van der Waals surface area (Å²) in [6, 6.07) is 16.2. The number of aromatic nitrogens is 2. The highest BCUT2D eigenvalue weighted by molar-refractivity contribution is 6.36. The van der Waals surface area contributed by atoms with Crippen molar-refractivity contribution < 1.29 is 9.59 Å². The van der Waals surface area contributed by atoms with Crippen molar-refractivity contribution in [2.75, 3.05) is 11.9 Å². The number of hydrogen-bond acceptors (Lipinski definition) is 3. The molecule has 0 radical (unpaired) electrons. The van der Waals surface area contributed by atoms with Gasteiger partial charge in [0.2, 0.25) is 5.78 Å². The van der Waals surface area contributed by atoms with E-state index >= 15 is 0 Å². The van der Waals surface area contributed by atoms with Crippen LogP contribution < -0.4 is 10.5 Å². The molecule has 3 aromatic rings. The van der Waals surface area contributed by atoms with Crippen LogP contribution in [0.1, 0.15) is 15.9 Å². The summed E-state index contributed by atoms with van der Waals surface area (Å²) in [7, 11) is 1.61. The maximum Gasteiger partial charge on any atom is 0.271 e. The second kappa shape index (κ2) is 6.00. The predicted molar refractivity (Wildman–Crippen MR) is 99.0 cm³/mol. The first kappa shape index (κ1) is 15.8. The van der Waals surface area contributed by atoms with Crippen LogP contribution in [0.4, 0.5) is 5.69 Å². The number of benzene rings is 2. The summed E-state index contributed by atoms with van der Waals surface area (Å²) in [4.78, 5) is 39.2. The largest absolute Gasteiger partial charge is 0.311 e. The predicted octanol–water partition coefficient (Wildman–Crippen LogP) is 2.61. The first-order valence-corrected chi connectivity index (χ1v) is 8.07. The summed E-state index contributed by atoms with van der Waals surface area (Å²) in [6.07, 6.45) is 1.37. The Morgan fingerprint density at radius 1 is 0.885 bits per heavy atom. The monoisotopic (exact) mass is 345 g/mol. The minimum Gasteiger partial charge on any atom is -0.311 e. The fraction of sp³-hybridized carbons (Fsp3) is 0.0500. The molecule has 128 valence electrons. The number of rotatable bonds is 2. The van der Waals surface area contributed by atoms with Gasteiger partial charge >= 0.3 is 0 Å². The second-order valence-corrected chi connectivity index (χ2v) is 6.00. The van der Waals surface area contributed by atoms with Gasteiger partial charge in [0.1, 0.15) is 0 Å². The molecule has 1 amide bonds. The molecule has 1 aromatic heterocycles. The molecule has 0 unspecified atom stereocenters. The molecule has 0 aliphatic carbocycles. The lowest BCUT2D eigenvalue weighted by atomic mass is 9.93. The van der Waals surface area contributed by atoms with E-state index in [0.717, 1.165) is 5.56 Å². The van der Waals surface area contributed by atoms with Crippen molar-refractivity contribution in [3.8, 4) is 11.3 Å². The number of carbonyl (C=O) groups excluding carboxylic acids is 2. The number of aromatic amines is 2. The Bertz CT molecular complexity index is 1110. The van der Waals surface area contributed by atoms with Crippen molar-refractivity contribution in [2.45, 2.75) is 0 Å². The van der Waals surface area contributed by atoms with Gasteiger partial charge in [0, 0.05) is 18.2 Å². The number of nitrogens with zero attached hydrogens (tertiary/aromatic N) is 1. The lowest BCUT2D eigenvalue weighted by Crippen LogP contribution is -2.36. The third-order valence-corrected chi connectivity index (χ3v) is 4.46. The molecule has 0 spiro atoms. The first-order valence-electron chi connectivity index (χ1n) is 8.07. The summed E-state index contributed by atoms with van der Waals surface area (Å²) in [5.41, 5.74) is 2.14. The molecule has 4 rings (SSSR count). The molecule has 2 N–H and O–H groups in total. The molecular formula is C20H15N3O3. The molecule has 0 saturated heterocycles. The van der Waals surface area contributed by atoms with E-state index in [2.05, 4.69) is 10.2 Å². The topological polar surface area (TPSA) is 86.0 Å². The van der Waals surface area contributed by atoms with Crippen LogP contribution in [0.5, 0.6) is 0 Å². The van der Waals surface area contributed by atoms with Crippen LogP contribution in [0.3, 0.4) is 0 Å². The normalized spacial score (nSPS) is 15.4. The molecule has 1 aliphatic heterocycles. The summed E-state index contributed by atoms with van der Waals surface area (Å²) in [6.45, 7) is 0. The number of amides is 1. The fourth-order valence-electron chi connectivity index (χ4n) is 3.10. The molecular weight excluding hydrogens is 330 g/mol. The average Bonchev–Trinajstić information content (AvgIpc) is 3.04. The Balaban J connectivity index is 1.88. The molecule has 0 saturated carbocycles. The van der Waals surface area contributed by atoms with Crippen molar-refractivity contribution in [2.24, 2.45) is 0 Å². The third-order valence-electron chi connectivity index (χ3n) is 4.46. The number of Topliss-reactive ketones (excluding diaryl/α,β-unsaturated/α-hetero) is 1. The standard InChI is InChI=1S/C20H15N3O3/c1-23-16-10-6-5-9-13(16)18(24)15(20(23)26)11-14-17(21-22-19(14)25)12-7-3-2-4-8-12/h2-11H,1H3,(H2,21,22,25)/b15-11+. The zero-order valence-electron chi connectivity index (χ0n) is 13.9. The number of nitrogens with one attached hydrogen (secondary N) is 2. The van der Waals surface area contributed by atoms with E-state index in [-0.39, 0.29) is 16.9 Å². The zero-order chi connectivity index (χ0) is 18.3. The number of anilines is 1. The quantitative estimate of drug-likeness (QED) is 0.553. The number of H-pyrrole nitrogens is 2. The number of hydrogen-bond donors (Lipinski definition) is 2. The van der Waals surface area contributed by atoms with Gasteiger partial charge in [-0.25, -0.2) is 0 Å². The van der Waals surface area contributed by atoms with Gasteiger partial charge in [-0.3, -0.25) is 24.6 Å². The van der Waals surface area contributed by atoms with Crippen molar-refractivity contribution in [1.82, 2.24) is 10.2 Å². The second-order valence-electron chi connectivity index (χ2n) is 6.00. The van der Waals surface area contributed by atoms with Crippen LogP contribution in [0.25, 0.3) is 17.3 Å². The SMILES string of the molecule is CN1C(=O)/C(=C/c2c(-c3ccccc3)[nH][nH]c2=O)C(=O)c2ccccc21. The van der Waals surface area contributed by atoms with Gasteiger partial charge < -0.3 is 4.90 Å². The Morgan fingerprint density at radius 2 is 1.58 bits per heavy atom. The Morgan fingerprint density at radius 3 is 2.35 bits per heavy atom. The molecule has 2 heterocycles. The van der Waals surface area contributed by atoms with E-state index in [1.165, 1.54) is 11.0 Å². The zero-order valence-corrected chi connectivity index (χ0v) is 13.9. The summed E-state index contributed by atoms with van der Waals surface area (Å²) in [5, 5.41) is 5.35. The lowest BCUT2D eigenvalue weighted by molar-refractivity contribution is -0.114. The minimum absolute atomic E-state index is 0.0338. The van der Waals surface area contributed by atoms with Crippen LogP contribution in [-0.2, 0) is 4.79 Å². The summed E-state index contributed by atoms with van der Waals surface area (Å²) >= 11 is 0. The number of fused-ring (bicyclic) bond motifs is 1. The first-order chi connectivity index (χ1) is 12.6. The van der Waals surface area contributed by atoms with Crippen LogP contribution >= 0.6 is 0 Å². The molecule has 0 atom stereocenters. The lowest BCUT2D eigenvalue weighted by Gasteiger charge is -2.26.